The van der Waals surface area contributed by atoms with Crippen molar-refractivity contribution in [1.29, 1.82) is 0 Å². The van der Waals surface area contributed by atoms with Gasteiger partial charge in [-0.05, 0) is 12.0 Å². The van der Waals surface area contributed by atoms with E-state index in [0.717, 1.165) is 5.56 Å². The van der Waals surface area contributed by atoms with Gasteiger partial charge >= 0.3 is 6.09 Å². The van der Waals surface area contributed by atoms with Gasteiger partial charge in [-0.2, -0.15) is 0 Å². The van der Waals surface area contributed by atoms with Crippen LogP contribution in [0.1, 0.15) is 18.4 Å². The Bertz CT molecular complexity index is 434. The lowest BCUT2D eigenvalue weighted by atomic mass is 10.2. The molecule has 2 amide bonds. The second-order valence-corrected chi connectivity index (χ2v) is 3.88. The zero-order valence-electron chi connectivity index (χ0n) is 10.3. The van der Waals surface area contributed by atoms with Crippen LogP contribution in [-0.4, -0.2) is 24.3 Å². The van der Waals surface area contributed by atoms with E-state index in [1.807, 2.05) is 30.3 Å². The van der Waals surface area contributed by atoms with Crippen LogP contribution in [0.3, 0.4) is 0 Å². The Morgan fingerprint density at radius 1 is 1.32 bits per heavy atom. The number of alkyl carbamates (subject to hydrolysis) is 1. The highest BCUT2D eigenvalue weighted by molar-refractivity contribution is 5.76. The topological polar surface area (TPSA) is 98.5 Å². The number of rotatable bonds is 7. The lowest BCUT2D eigenvalue weighted by Gasteiger charge is -2.11. The minimum Gasteiger partial charge on any atom is -0.445 e. The predicted octanol–water partition coefficient (Wildman–Crippen LogP) is 0.657. The molecule has 0 fully saturated rings. The van der Waals surface area contributed by atoms with Crippen LogP contribution < -0.4 is 11.1 Å². The summed E-state index contributed by atoms with van der Waals surface area (Å²) in [6.45, 7) is 0.105. The Balaban J connectivity index is 2.32. The molecule has 1 rings (SSSR count). The number of nitrogens with two attached hydrogens (primary N) is 1. The Morgan fingerprint density at radius 2 is 2.00 bits per heavy atom. The van der Waals surface area contributed by atoms with Crippen molar-refractivity contribution in [2.45, 2.75) is 25.5 Å². The summed E-state index contributed by atoms with van der Waals surface area (Å²) in [5.74, 6) is -0.542. The standard InChI is InChI=1S/C13H15N2O4/c14-12(17)7-6-11(8-16)15-13(18)19-9-10-4-2-1-3-5-10/h1-5,11H,6-7,9H2,(H2,14,17)(H,15,18). The average molecular weight is 263 g/mol. The third-order valence-corrected chi connectivity index (χ3v) is 2.33. The van der Waals surface area contributed by atoms with E-state index in [-0.39, 0.29) is 19.4 Å². The van der Waals surface area contributed by atoms with Crippen molar-refractivity contribution < 1.29 is 19.1 Å². The summed E-state index contributed by atoms with van der Waals surface area (Å²) in [7, 11) is 0. The first-order valence-electron chi connectivity index (χ1n) is 5.75. The van der Waals surface area contributed by atoms with Crippen molar-refractivity contribution in [2.24, 2.45) is 5.73 Å². The molecule has 0 bridgehead atoms. The molecule has 101 valence electrons. The lowest BCUT2D eigenvalue weighted by Crippen LogP contribution is -2.37. The zero-order chi connectivity index (χ0) is 14.1. The first-order valence-corrected chi connectivity index (χ1v) is 5.75. The number of ether oxygens (including phenoxy) is 1. The second-order valence-electron chi connectivity index (χ2n) is 3.88. The van der Waals surface area contributed by atoms with Crippen molar-refractivity contribution in [3.8, 4) is 0 Å². The van der Waals surface area contributed by atoms with E-state index in [2.05, 4.69) is 5.32 Å². The number of hydrogen-bond donors (Lipinski definition) is 2. The van der Waals surface area contributed by atoms with Crippen LogP contribution in [-0.2, 0) is 20.9 Å². The van der Waals surface area contributed by atoms with Gasteiger partial charge < -0.3 is 15.8 Å². The minimum atomic E-state index is -0.893. The molecule has 0 aliphatic heterocycles. The number of amides is 2. The van der Waals surface area contributed by atoms with Crippen LogP contribution in [0, 0.1) is 0 Å². The lowest BCUT2D eigenvalue weighted by molar-refractivity contribution is -0.118. The van der Waals surface area contributed by atoms with Crippen LogP contribution in [0.15, 0.2) is 30.3 Å². The van der Waals surface area contributed by atoms with Gasteiger partial charge in [0.1, 0.15) is 6.61 Å². The minimum absolute atomic E-state index is 0.00112. The zero-order valence-corrected chi connectivity index (χ0v) is 10.3. The first-order chi connectivity index (χ1) is 9.11. The number of benzene rings is 1. The van der Waals surface area contributed by atoms with Gasteiger partial charge in [0.05, 0.1) is 6.04 Å². The molecule has 0 spiro atoms. The normalized spacial score (nSPS) is 11.4. The molecule has 0 saturated heterocycles. The molecule has 19 heavy (non-hydrogen) atoms. The molecule has 6 nitrogen and oxygen atoms in total. The summed E-state index contributed by atoms with van der Waals surface area (Å²) in [6.07, 6.45) is 0.991. The van der Waals surface area contributed by atoms with E-state index in [1.165, 1.54) is 0 Å². The number of carbonyl (C=O) groups is 2. The Hall–Kier alpha value is -2.37. The quantitative estimate of drug-likeness (QED) is 0.754. The Kier molecular flexibility index (Phi) is 6.08. The molecule has 0 aliphatic carbocycles. The smallest absolute Gasteiger partial charge is 0.408 e. The van der Waals surface area contributed by atoms with E-state index < -0.39 is 18.0 Å². The number of carbonyl (C=O) groups excluding carboxylic acids is 3. The van der Waals surface area contributed by atoms with Gasteiger partial charge in [-0.3, -0.25) is 9.59 Å². The van der Waals surface area contributed by atoms with Gasteiger partial charge in [-0.15, -0.1) is 0 Å². The molecule has 0 heterocycles. The number of primary amides is 1. The molecule has 1 unspecified atom stereocenters. The summed E-state index contributed by atoms with van der Waals surface area (Å²) >= 11 is 0. The van der Waals surface area contributed by atoms with E-state index >= 15 is 0 Å². The maximum atomic E-state index is 11.4. The molecule has 1 radical (unpaired) electrons. The van der Waals surface area contributed by atoms with Crippen molar-refractivity contribution >= 4 is 18.3 Å². The van der Waals surface area contributed by atoms with Crippen molar-refractivity contribution in [1.82, 2.24) is 5.32 Å². The number of hydrogen-bond acceptors (Lipinski definition) is 4. The molecule has 3 N–H and O–H groups in total. The number of nitrogens with one attached hydrogen (secondary N) is 1. The Labute approximate surface area is 110 Å². The summed E-state index contributed by atoms with van der Waals surface area (Å²) < 4.78 is 4.92. The molecule has 0 saturated carbocycles. The molecular weight excluding hydrogens is 248 g/mol. The fraction of sp³-hybridized carbons (Fsp3) is 0.308. The van der Waals surface area contributed by atoms with Gasteiger partial charge in [0.25, 0.3) is 0 Å². The average Bonchev–Trinajstić information content (AvgIpc) is 2.42. The van der Waals surface area contributed by atoms with Gasteiger partial charge in [0, 0.05) is 6.42 Å². The van der Waals surface area contributed by atoms with Gasteiger partial charge in [-0.25, -0.2) is 4.79 Å². The van der Waals surface area contributed by atoms with Crippen LogP contribution >= 0.6 is 0 Å². The van der Waals surface area contributed by atoms with Gasteiger partial charge in [0.2, 0.25) is 12.2 Å². The van der Waals surface area contributed by atoms with Crippen molar-refractivity contribution in [3.63, 3.8) is 0 Å². The fourth-order valence-corrected chi connectivity index (χ4v) is 1.35. The highest BCUT2D eigenvalue weighted by Gasteiger charge is 2.14. The molecule has 6 heteroatoms. The van der Waals surface area contributed by atoms with Gasteiger partial charge in [0.15, 0.2) is 0 Å². The first kappa shape index (κ1) is 14.7. The highest BCUT2D eigenvalue weighted by atomic mass is 16.5. The highest BCUT2D eigenvalue weighted by Crippen LogP contribution is 2.01. The van der Waals surface area contributed by atoms with Crippen LogP contribution in [0.25, 0.3) is 0 Å². The largest absolute Gasteiger partial charge is 0.445 e. The van der Waals surface area contributed by atoms with Crippen LogP contribution in [0.5, 0.6) is 0 Å². The van der Waals surface area contributed by atoms with Crippen LogP contribution in [0.2, 0.25) is 0 Å². The predicted molar refractivity (Wildman–Crippen MR) is 67.7 cm³/mol. The SMILES string of the molecule is NC(=O)CCC([C]=O)NC(=O)OCc1ccccc1. The molecule has 0 aromatic heterocycles. The molecular formula is C13H15N2O4. The summed E-state index contributed by atoms with van der Waals surface area (Å²) in [6, 6.07) is 8.23. The maximum absolute atomic E-state index is 11.4. The molecule has 1 atom stereocenters. The monoisotopic (exact) mass is 263 g/mol. The summed E-state index contributed by atoms with van der Waals surface area (Å²) in [5.41, 5.74) is 5.78. The van der Waals surface area contributed by atoms with E-state index in [9.17, 15) is 14.4 Å². The molecule has 1 aromatic carbocycles. The van der Waals surface area contributed by atoms with E-state index in [4.69, 9.17) is 10.5 Å². The summed E-state index contributed by atoms with van der Waals surface area (Å²) in [4.78, 5) is 32.5. The van der Waals surface area contributed by atoms with Crippen molar-refractivity contribution in [3.05, 3.63) is 35.9 Å². The van der Waals surface area contributed by atoms with Gasteiger partial charge in [-0.1, -0.05) is 30.3 Å². The maximum Gasteiger partial charge on any atom is 0.408 e. The van der Waals surface area contributed by atoms with E-state index in [1.54, 1.807) is 6.29 Å². The van der Waals surface area contributed by atoms with Crippen molar-refractivity contribution in [2.75, 3.05) is 0 Å². The summed E-state index contributed by atoms with van der Waals surface area (Å²) in [5, 5.41) is 2.30. The third-order valence-electron chi connectivity index (χ3n) is 2.33. The Morgan fingerprint density at radius 3 is 2.58 bits per heavy atom. The van der Waals surface area contributed by atoms with E-state index in [0.29, 0.717) is 0 Å². The molecule has 0 aliphatic rings. The third kappa shape index (κ3) is 6.21. The molecule has 1 aromatic rings. The fourth-order valence-electron chi connectivity index (χ4n) is 1.35. The van der Waals surface area contributed by atoms with Crippen LogP contribution in [0.4, 0.5) is 4.79 Å². The second kappa shape index (κ2) is 7.86.